The van der Waals surface area contributed by atoms with E-state index in [-0.39, 0.29) is 0 Å². The first-order chi connectivity index (χ1) is 15.7. The Morgan fingerprint density at radius 3 is 2.41 bits per heavy atom. The maximum Gasteiger partial charge on any atom is 0.191 e. The van der Waals surface area contributed by atoms with Crippen LogP contribution in [0.15, 0.2) is 94.6 Å². The zero-order chi connectivity index (χ0) is 21.9. The molecule has 6 heteroatoms. The summed E-state index contributed by atoms with van der Waals surface area (Å²) < 4.78 is 3.28. The van der Waals surface area contributed by atoms with E-state index < -0.39 is 0 Å². The van der Waals surface area contributed by atoms with Crippen LogP contribution in [0.2, 0.25) is 0 Å². The summed E-state index contributed by atoms with van der Waals surface area (Å²) in [4.78, 5) is 4.91. The van der Waals surface area contributed by atoms with Gasteiger partial charge in [0.15, 0.2) is 11.0 Å². The molecule has 0 fully saturated rings. The molecule has 0 unspecified atom stereocenters. The molecule has 0 aliphatic rings. The van der Waals surface area contributed by atoms with Crippen LogP contribution in [-0.4, -0.2) is 19.7 Å². The van der Waals surface area contributed by atoms with Crippen LogP contribution in [0.5, 0.6) is 0 Å². The highest BCUT2D eigenvalue weighted by molar-refractivity contribution is 9.10. The maximum atomic E-state index is 4.91. The summed E-state index contributed by atoms with van der Waals surface area (Å²) in [6, 6.07) is 29.1. The first kappa shape index (κ1) is 20.9. The fourth-order valence-corrected chi connectivity index (χ4v) is 4.95. The number of nitrogens with zero attached hydrogens (tertiary/aromatic N) is 4. The zero-order valence-corrected chi connectivity index (χ0v) is 20.0. The second-order valence-electron chi connectivity index (χ2n) is 7.40. The van der Waals surface area contributed by atoms with Crippen molar-refractivity contribution in [3.8, 4) is 22.6 Å². The molecule has 0 aliphatic heterocycles. The molecule has 0 aliphatic carbocycles. The number of hydrogen-bond acceptors (Lipinski definition) is 4. The van der Waals surface area contributed by atoms with Crippen molar-refractivity contribution in [1.82, 2.24) is 19.7 Å². The van der Waals surface area contributed by atoms with Gasteiger partial charge in [0.25, 0.3) is 0 Å². The Balaban J connectivity index is 1.57. The monoisotopic (exact) mass is 500 g/mol. The van der Waals surface area contributed by atoms with E-state index in [1.807, 2.05) is 30.3 Å². The fraction of sp³-hybridized carbons (Fsp3) is 0.115. The van der Waals surface area contributed by atoms with Gasteiger partial charge in [0, 0.05) is 33.3 Å². The number of fused-ring (bicyclic) bond motifs is 1. The van der Waals surface area contributed by atoms with Gasteiger partial charge in [-0.1, -0.05) is 88.4 Å². The third kappa shape index (κ3) is 4.20. The minimum Gasteiger partial charge on any atom is -0.302 e. The van der Waals surface area contributed by atoms with Crippen molar-refractivity contribution in [2.75, 3.05) is 0 Å². The quantitative estimate of drug-likeness (QED) is 0.230. The van der Waals surface area contributed by atoms with Gasteiger partial charge < -0.3 is 4.57 Å². The lowest BCUT2D eigenvalue weighted by atomic mass is 10.0. The van der Waals surface area contributed by atoms with Crippen LogP contribution < -0.4 is 0 Å². The first-order valence-electron chi connectivity index (χ1n) is 10.5. The normalized spacial score (nSPS) is 11.2. The minimum atomic E-state index is 0.794. The van der Waals surface area contributed by atoms with Crippen molar-refractivity contribution in [3.05, 3.63) is 95.0 Å². The van der Waals surface area contributed by atoms with Gasteiger partial charge in [-0.2, -0.15) is 0 Å². The Hall–Kier alpha value is -2.96. The van der Waals surface area contributed by atoms with Gasteiger partial charge in [-0.05, 0) is 36.8 Å². The predicted molar refractivity (Wildman–Crippen MR) is 136 cm³/mol. The fourth-order valence-electron chi connectivity index (χ4n) is 3.73. The highest BCUT2D eigenvalue weighted by Crippen LogP contribution is 2.33. The van der Waals surface area contributed by atoms with Gasteiger partial charge in [0.05, 0.1) is 11.2 Å². The third-order valence-electron chi connectivity index (χ3n) is 5.34. The van der Waals surface area contributed by atoms with Crippen molar-refractivity contribution >= 4 is 38.6 Å². The Morgan fingerprint density at radius 1 is 0.875 bits per heavy atom. The number of halogens is 1. The molecule has 5 aromatic rings. The van der Waals surface area contributed by atoms with E-state index in [2.05, 4.69) is 92.2 Å². The number of aromatic nitrogens is 4. The van der Waals surface area contributed by atoms with Crippen molar-refractivity contribution < 1.29 is 0 Å². The molecule has 2 heterocycles. The molecular weight excluding hydrogens is 480 g/mol. The number of para-hydroxylation sites is 1. The number of benzene rings is 3. The molecule has 5 rings (SSSR count). The van der Waals surface area contributed by atoms with E-state index in [4.69, 9.17) is 4.98 Å². The molecule has 0 saturated heterocycles. The standard InChI is InChI=1S/C26H21BrN4S/c1-2-31-25(29-30-26(31)32-17-18-12-14-20(27)15-13-18)22-16-24(19-8-4-3-5-9-19)28-23-11-7-6-10-21(22)23/h3-16H,2,17H2,1H3. The molecule has 4 nitrogen and oxygen atoms in total. The summed E-state index contributed by atoms with van der Waals surface area (Å²) in [7, 11) is 0. The van der Waals surface area contributed by atoms with E-state index in [9.17, 15) is 0 Å². The smallest absolute Gasteiger partial charge is 0.191 e. The topological polar surface area (TPSA) is 43.6 Å². The maximum absolute atomic E-state index is 4.91. The number of pyridine rings is 1. The average Bonchev–Trinajstić information content (AvgIpc) is 3.26. The minimum absolute atomic E-state index is 0.794. The van der Waals surface area contributed by atoms with Gasteiger partial charge in [-0.25, -0.2) is 4.98 Å². The van der Waals surface area contributed by atoms with Crippen molar-refractivity contribution in [2.45, 2.75) is 24.4 Å². The highest BCUT2D eigenvalue weighted by Gasteiger charge is 2.17. The predicted octanol–water partition coefficient (Wildman–Crippen LogP) is 7.24. The van der Waals surface area contributed by atoms with Crippen molar-refractivity contribution in [2.24, 2.45) is 0 Å². The first-order valence-corrected chi connectivity index (χ1v) is 12.3. The molecule has 0 spiro atoms. The Labute approximate surface area is 199 Å². The van der Waals surface area contributed by atoms with Gasteiger partial charge >= 0.3 is 0 Å². The van der Waals surface area contributed by atoms with Gasteiger partial charge in [0.1, 0.15) is 0 Å². The van der Waals surface area contributed by atoms with E-state index in [0.717, 1.165) is 55.5 Å². The molecule has 158 valence electrons. The largest absolute Gasteiger partial charge is 0.302 e. The lowest BCUT2D eigenvalue weighted by molar-refractivity contribution is 0.687. The zero-order valence-electron chi connectivity index (χ0n) is 17.6. The van der Waals surface area contributed by atoms with Crippen LogP contribution in [-0.2, 0) is 12.3 Å². The van der Waals surface area contributed by atoms with Crippen LogP contribution in [0.3, 0.4) is 0 Å². The van der Waals surface area contributed by atoms with Gasteiger partial charge in [-0.15, -0.1) is 10.2 Å². The van der Waals surface area contributed by atoms with Gasteiger partial charge in [-0.3, -0.25) is 0 Å². The summed E-state index contributed by atoms with van der Waals surface area (Å²) in [6.07, 6.45) is 0. The van der Waals surface area contributed by atoms with Crippen molar-refractivity contribution in [3.63, 3.8) is 0 Å². The van der Waals surface area contributed by atoms with Crippen LogP contribution in [0.1, 0.15) is 12.5 Å². The summed E-state index contributed by atoms with van der Waals surface area (Å²) in [5.41, 5.74) is 5.30. The molecule has 0 atom stereocenters. The molecule has 0 radical (unpaired) electrons. The summed E-state index contributed by atoms with van der Waals surface area (Å²) >= 11 is 5.21. The van der Waals surface area contributed by atoms with Crippen LogP contribution in [0, 0.1) is 0 Å². The molecule has 32 heavy (non-hydrogen) atoms. The molecule has 0 amide bonds. The molecular formula is C26H21BrN4S. The Bertz CT molecular complexity index is 1360. The van der Waals surface area contributed by atoms with Crippen LogP contribution >= 0.6 is 27.7 Å². The van der Waals surface area contributed by atoms with Gasteiger partial charge in [0.2, 0.25) is 0 Å². The second-order valence-corrected chi connectivity index (χ2v) is 9.26. The molecule has 0 bridgehead atoms. The van der Waals surface area contributed by atoms with E-state index in [1.165, 1.54) is 5.56 Å². The average molecular weight is 501 g/mol. The number of rotatable bonds is 6. The Morgan fingerprint density at radius 2 is 1.62 bits per heavy atom. The molecule has 3 aromatic carbocycles. The summed E-state index contributed by atoms with van der Waals surface area (Å²) in [5.74, 6) is 1.72. The molecule has 0 saturated carbocycles. The third-order valence-corrected chi connectivity index (χ3v) is 6.91. The Kier molecular flexibility index (Phi) is 6.06. The SMILES string of the molecule is CCn1c(SCc2ccc(Br)cc2)nnc1-c1cc(-c2ccccc2)nc2ccccc12. The summed E-state index contributed by atoms with van der Waals surface area (Å²) in [6.45, 7) is 2.93. The molecule has 2 aromatic heterocycles. The van der Waals surface area contributed by atoms with Crippen LogP contribution in [0.25, 0.3) is 33.5 Å². The van der Waals surface area contributed by atoms with E-state index in [0.29, 0.717) is 0 Å². The van der Waals surface area contributed by atoms with E-state index in [1.54, 1.807) is 11.8 Å². The number of hydrogen-bond donors (Lipinski definition) is 0. The summed E-state index contributed by atoms with van der Waals surface area (Å²) in [5, 5.41) is 11.2. The van der Waals surface area contributed by atoms with E-state index >= 15 is 0 Å². The highest BCUT2D eigenvalue weighted by atomic mass is 79.9. The molecule has 0 N–H and O–H groups in total. The number of thioether (sulfide) groups is 1. The second kappa shape index (κ2) is 9.27. The van der Waals surface area contributed by atoms with Crippen molar-refractivity contribution in [1.29, 1.82) is 0 Å². The van der Waals surface area contributed by atoms with Crippen LogP contribution in [0.4, 0.5) is 0 Å². The lowest BCUT2D eigenvalue weighted by Gasteiger charge is -2.12. The lowest BCUT2D eigenvalue weighted by Crippen LogP contribution is -2.01.